The molecule has 100 valence electrons. The smallest absolute Gasteiger partial charge is 0.309 e. The second kappa shape index (κ2) is 6.39. The summed E-state index contributed by atoms with van der Waals surface area (Å²) in [7, 11) is 0. The van der Waals surface area contributed by atoms with Gasteiger partial charge in [-0.25, -0.2) is 5.32 Å². The summed E-state index contributed by atoms with van der Waals surface area (Å²) in [6.07, 6.45) is 1.83. The van der Waals surface area contributed by atoms with Crippen LogP contribution in [0, 0.1) is 25.3 Å². The number of aryl methyl sites for hydroxylation is 2. The number of nitriles is 1. The molecule has 0 saturated carbocycles. The Labute approximate surface area is 118 Å². The van der Waals surface area contributed by atoms with Gasteiger partial charge in [0.1, 0.15) is 5.75 Å². The van der Waals surface area contributed by atoms with E-state index in [9.17, 15) is 0 Å². The first-order valence-electron chi connectivity index (χ1n) is 6.23. The van der Waals surface area contributed by atoms with Gasteiger partial charge < -0.3 is 4.74 Å². The van der Waals surface area contributed by atoms with Gasteiger partial charge in [-0.05, 0) is 37.6 Å². The molecule has 2 aromatic rings. The topological polar surface area (TPSA) is 57.4 Å². The van der Waals surface area contributed by atoms with E-state index >= 15 is 0 Å². The van der Waals surface area contributed by atoms with Crippen molar-refractivity contribution in [1.29, 1.82) is 5.26 Å². The Morgan fingerprint density at radius 3 is 2.55 bits per heavy atom. The number of benzene rings is 2. The quantitative estimate of drug-likeness (QED) is 0.391. The predicted octanol–water partition coefficient (Wildman–Crippen LogP) is 3.44. The molecule has 2 rings (SSSR count). The van der Waals surface area contributed by atoms with E-state index < -0.39 is 0 Å². The molecule has 0 aliphatic heterocycles. The maximum Gasteiger partial charge on any atom is 0.309 e. The summed E-state index contributed by atoms with van der Waals surface area (Å²) in [6, 6.07) is 15.3. The Morgan fingerprint density at radius 1 is 1.15 bits per heavy atom. The number of nitrogens with one attached hydrogen (secondary N) is 1. The Morgan fingerprint density at radius 2 is 1.90 bits per heavy atom. The van der Waals surface area contributed by atoms with Crippen molar-refractivity contribution in [2.24, 2.45) is 4.99 Å². The van der Waals surface area contributed by atoms with Crippen LogP contribution in [0.15, 0.2) is 53.5 Å². The van der Waals surface area contributed by atoms with Crippen LogP contribution in [-0.4, -0.2) is 6.02 Å². The van der Waals surface area contributed by atoms with E-state index in [1.54, 1.807) is 12.1 Å². The molecule has 0 aromatic heterocycles. The summed E-state index contributed by atoms with van der Waals surface area (Å²) in [5.74, 6) is 0.624. The second-order valence-corrected chi connectivity index (χ2v) is 4.36. The van der Waals surface area contributed by atoms with Gasteiger partial charge in [0.05, 0.1) is 5.69 Å². The number of amidine groups is 1. The van der Waals surface area contributed by atoms with E-state index in [1.165, 1.54) is 5.56 Å². The third-order valence-corrected chi connectivity index (χ3v) is 2.69. The van der Waals surface area contributed by atoms with Crippen molar-refractivity contribution >= 4 is 11.7 Å². The molecular formula is C16H15N3O. The van der Waals surface area contributed by atoms with Crippen LogP contribution in [0.1, 0.15) is 11.1 Å². The third-order valence-electron chi connectivity index (χ3n) is 2.69. The summed E-state index contributed by atoms with van der Waals surface area (Å²) in [5, 5.41) is 11.2. The lowest BCUT2D eigenvalue weighted by atomic mass is 10.1. The van der Waals surface area contributed by atoms with Gasteiger partial charge in [-0.3, -0.25) is 0 Å². The zero-order valence-electron chi connectivity index (χ0n) is 11.4. The molecule has 0 atom stereocenters. The maximum atomic E-state index is 8.78. The van der Waals surface area contributed by atoms with Crippen LogP contribution in [0.5, 0.6) is 5.75 Å². The fourth-order valence-electron chi connectivity index (χ4n) is 1.76. The van der Waals surface area contributed by atoms with Gasteiger partial charge in [0.15, 0.2) is 6.19 Å². The summed E-state index contributed by atoms with van der Waals surface area (Å²) in [6.45, 7) is 3.99. The Balaban J connectivity index is 2.28. The van der Waals surface area contributed by atoms with Crippen LogP contribution in [0.4, 0.5) is 5.69 Å². The van der Waals surface area contributed by atoms with Gasteiger partial charge in [-0.1, -0.05) is 35.9 Å². The van der Waals surface area contributed by atoms with Gasteiger partial charge >= 0.3 is 6.02 Å². The minimum atomic E-state index is 0.158. The van der Waals surface area contributed by atoms with Crippen LogP contribution in [0.3, 0.4) is 0 Å². The average molecular weight is 265 g/mol. The fraction of sp³-hybridized carbons (Fsp3) is 0.125. The summed E-state index contributed by atoms with van der Waals surface area (Å²) in [4.78, 5) is 4.35. The van der Waals surface area contributed by atoms with E-state index in [1.807, 2.05) is 56.4 Å². The number of aliphatic imine (C=N–C) groups is 1. The standard InChI is InChI=1S/C16H15N3O/c1-12-8-9-15(13(2)10-12)19-16(18-11-17)20-14-6-4-3-5-7-14/h3-10H,1-2H3,(H,18,19). The SMILES string of the molecule is Cc1ccc(N=C(NC#N)Oc2ccccc2)c(C)c1. The normalized spacial score (nSPS) is 10.8. The van der Waals surface area contributed by atoms with E-state index in [-0.39, 0.29) is 6.02 Å². The first kappa shape index (κ1) is 13.6. The fourth-order valence-corrected chi connectivity index (χ4v) is 1.76. The van der Waals surface area contributed by atoms with Crippen LogP contribution in [0.2, 0.25) is 0 Å². The van der Waals surface area contributed by atoms with E-state index in [4.69, 9.17) is 10.00 Å². The second-order valence-electron chi connectivity index (χ2n) is 4.36. The molecule has 0 spiro atoms. The van der Waals surface area contributed by atoms with Crippen molar-refractivity contribution in [3.05, 3.63) is 59.7 Å². The lowest BCUT2D eigenvalue weighted by Gasteiger charge is -2.08. The molecule has 1 N–H and O–H groups in total. The minimum Gasteiger partial charge on any atom is -0.425 e. The van der Waals surface area contributed by atoms with Crippen molar-refractivity contribution in [1.82, 2.24) is 5.32 Å². The molecule has 0 amide bonds. The predicted molar refractivity (Wildman–Crippen MR) is 78.8 cm³/mol. The lowest BCUT2D eigenvalue weighted by molar-refractivity contribution is 0.531. The van der Waals surface area contributed by atoms with Crippen LogP contribution in [-0.2, 0) is 0 Å². The first-order valence-corrected chi connectivity index (χ1v) is 6.23. The highest BCUT2D eigenvalue weighted by atomic mass is 16.5. The van der Waals surface area contributed by atoms with Crippen LogP contribution < -0.4 is 10.1 Å². The third kappa shape index (κ3) is 3.59. The van der Waals surface area contributed by atoms with Crippen molar-refractivity contribution in [2.45, 2.75) is 13.8 Å². The maximum absolute atomic E-state index is 8.78. The number of ether oxygens (including phenoxy) is 1. The van der Waals surface area contributed by atoms with Gasteiger partial charge in [-0.15, -0.1) is 0 Å². The molecule has 0 heterocycles. The lowest BCUT2D eigenvalue weighted by Crippen LogP contribution is -2.24. The molecule has 0 saturated heterocycles. The summed E-state index contributed by atoms with van der Waals surface area (Å²) >= 11 is 0. The number of hydrogen-bond acceptors (Lipinski definition) is 3. The van der Waals surface area contributed by atoms with E-state index in [2.05, 4.69) is 10.3 Å². The average Bonchev–Trinajstić information content (AvgIpc) is 2.43. The highest BCUT2D eigenvalue weighted by Crippen LogP contribution is 2.20. The number of hydrogen-bond donors (Lipinski definition) is 1. The molecule has 0 bridgehead atoms. The first-order chi connectivity index (χ1) is 9.69. The van der Waals surface area contributed by atoms with Crippen molar-refractivity contribution in [3.8, 4) is 11.9 Å². The molecule has 4 nitrogen and oxygen atoms in total. The highest BCUT2D eigenvalue weighted by Gasteiger charge is 2.04. The zero-order chi connectivity index (χ0) is 14.4. The van der Waals surface area contributed by atoms with Crippen molar-refractivity contribution < 1.29 is 4.74 Å². The molecule has 0 aliphatic rings. The van der Waals surface area contributed by atoms with Gasteiger partial charge in [0, 0.05) is 0 Å². The van der Waals surface area contributed by atoms with E-state index in [0.717, 1.165) is 11.3 Å². The molecule has 0 unspecified atom stereocenters. The van der Waals surface area contributed by atoms with Crippen LogP contribution >= 0.6 is 0 Å². The highest BCUT2D eigenvalue weighted by molar-refractivity contribution is 5.81. The van der Waals surface area contributed by atoms with Gasteiger partial charge in [-0.2, -0.15) is 10.3 Å². The summed E-state index contributed by atoms with van der Waals surface area (Å²) in [5.41, 5.74) is 2.96. The molecular weight excluding hydrogens is 250 g/mol. The number of nitrogens with zero attached hydrogens (tertiary/aromatic N) is 2. The largest absolute Gasteiger partial charge is 0.425 e. The summed E-state index contributed by atoms with van der Waals surface area (Å²) < 4.78 is 5.56. The number of rotatable bonds is 2. The number of para-hydroxylation sites is 1. The Hall–Kier alpha value is -2.80. The zero-order valence-corrected chi connectivity index (χ0v) is 11.4. The van der Waals surface area contributed by atoms with Crippen molar-refractivity contribution in [3.63, 3.8) is 0 Å². The van der Waals surface area contributed by atoms with Crippen LogP contribution in [0.25, 0.3) is 0 Å². The molecule has 0 fully saturated rings. The molecule has 4 heteroatoms. The van der Waals surface area contributed by atoms with Gasteiger partial charge in [0.2, 0.25) is 0 Å². The molecule has 0 aliphatic carbocycles. The Bertz CT molecular complexity index is 657. The van der Waals surface area contributed by atoms with Crippen molar-refractivity contribution in [2.75, 3.05) is 0 Å². The molecule has 2 aromatic carbocycles. The molecule has 20 heavy (non-hydrogen) atoms. The van der Waals surface area contributed by atoms with Gasteiger partial charge in [0.25, 0.3) is 0 Å². The monoisotopic (exact) mass is 265 g/mol. The molecule has 0 radical (unpaired) electrons. The minimum absolute atomic E-state index is 0.158. The van der Waals surface area contributed by atoms with E-state index in [0.29, 0.717) is 5.75 Å². The Kier molecular flexibility index (Phi) is 4.35.